The smallest absolute Gasteiger partial charge is 0.244 e. The molecule has 0 fully saturated rings. The van der Waals surface area contributed by atoms with Gasteiger partial charge in [0, 0.05) is 13.1 Å². The minimum Gasteiger partial charge on any atom is -0.354 e. The van der Waals surface area contributed by atoms with Crippen molar-refractivity contribution in [3.8, 4) is 0 Å². The van der Waals surface area contributed by atoms with Crippen molar-refractivity contribution in [1.82, 2.24) is 10.2 Å². The molecule has 2 amide bonds. The summed E-state index contributed by atoms with van der Waals surface area (Å²) in [6.45, 7) is 3.45. The highest BCUT2D eigenvalue weighted by Crippen LogP contribution is 2.24. The fraction of sp³-hybridized carbons (Fsp3) is 0.391. The number of amides is 2. The monoisotopic (exact) mass is 531 g/mol. The minimum absolute atomic E-state index is 0.000887. The van der Waals surface area contributed by atoms with Crippen LogP contribution < -0.4 is 9.62 Å². The zero-order chi connectivity index (χ0) is 25.5. The number of sulfonamides is 1. The molecule has 0 spiro atoms. The molecule has 0 aliphatic rings. The van der Waals surface area contributed by atoms with Crippen molar-refractivity contribution in [1.29, 1.82) is 0 Å². The molecular weight excluding hydrogens is 504 g/mol. The predicted octanol–water partition coefficient (Wildman–Crippen LogP) is 4.23. The van der Waals surface area contributed by atoms with Crippen LogP contribution in [-0.2, 0) is 26.2 Å². The van der Waals surface area contributed by atoms with Crippen LogP contribution in [-0.4, -0.2) is 50.5 Å². The highest BCUT2D eigenvalue weighted by Gasteiger charge is 2.30. The number of halogens is 3. The van der Waals surface area contributed by atoms with Crippen molar-refractivity contribution in [3.63, 3.8) is 0 Å². The van der Waals surface area contributed by atoms with Crippen LogP contribution in [0.2, 0.25) is 10.0 Å². The molecule has 0 aromatic heterocycles. The lowest BCUT2D eigenvalue weighted by molar-refractivity contribution is -0.139. The van der Waals surface area contributed by atoms with Crippen molar-refractivity contribution >= 4 is 50.7 Å². The van der Waals surface area contributed by atoms with Gasteiger partial charge in [0.25, 0.3) is 0 Å². The summed E-state index contributed by atoms with van der Waals surface area (Å²) in [5, 5.41) is 3.42. The molecule has 0 saturated carbocycles. The normalized spacial score (nSPS) is 12.2. The summed E-state index contributed by atoms with van der Waals surface area (Å²) in [6, 6.07) is 8.69. The quantitative estimate of drug-likeness (QED) is 0.439. The highest BCUT2D eigenvalue weighted by molar-refractivity contribution is 7.92. The minimum atomic E-state index is -3.88. The zero-order valence-corrected chi connectivity index (χ0v) is 21.6. The molecule has 2 aromatic rings. The molecule has 1 atom stereocenters. The van der Waals surface area contributed by atoms with Crippen LogP contribution in [0.25, 0.3) is 0 Å². The number of unbranched alkanes of at least 4 members (excludes halogenated alkanes) is 1. The van der Waals surface area contributed by atoms with Crippen LogP contribution in [0.1, 0.15) is 32.3 Å². The summed E-state index contributed by atoms with van der Waals surface area (Å²) in [5.74, 6) is -1.52. The average molecular weight is 532 g/mol. The predicted molar refractivity (Wildman–Crippen MR) is 133 cm³/mol. The Balaban J connectivity index is 2.36. The van der Waals surface area contributed by atoms with E-state index < -0.39 is 34.3 Å². The van der Waals surface area contributed by atoms with Gasteiger partial charge in [-0.2, -0.15) is 0 Å². The van der Waals surface area contributed by atoms with Crippen molar-refractivity contribution in [2.45, 2.75) is 39.3 Å². The Bertz CT molecular complexity index is 1110. The molecular formula is C23H28Cl2FN3O4S. The number of nitrogens with zero attached hydrogens (tertiary/aromatic N) is 2. The third kappa shape index (κ3) is 7.85. The first-order chi connectivity index (χ1) is 15.9. The maximum Gasteiger partial charge on any atom is 0.244 e. The Morgan fingerprint density at radius 1 is 1.09 bits per heavy atom. The molecule has 7 nitrogen and oxygen atoms in total. The molecule has 2 aromatic carbocycles. The first-order valence-corrected chi connectivity index (χ1v) is 13.3. The van der Waals surface area contributed by atoms with Crippen LogP contribution in [0, 0.1) is 5.82 Å². The van der Waals surface area contributed by atoms with Gasteiger partial charge in [-0.3, -0.25) is 13.9 Å². The maximum atomic E-state index is 13.4. The van der Waals surface area contributed by atoms with E-state index in [1.54, 1.807) is 25.1 Å². The summed E-state index contributed by atoms with van der Waals surface area (Å²) >= 11 is 12.1. The summed E-state index contributed by atoms with van der Waals surface area (Å²) in [4.78, 5) is 27.4. The summed E-state index contributed by atoms with van der Waals surface area (Å²) < 4.78 is 39.1. The Kier molecular flexibility index (Phi) is 10.1. The second kappa shape index (κ2) is 12.4. The average Bonchev–Trinajstić information content (AvgIpc) is 2.77. The lowest BCUT2D eigenvalue weighted by Crippen LogP contribution is -2.51. The largest absolute Gasteiger partial charge is 0.354 e. The Morgan fingerprint density at radius 2 is 1.74 bits per heavy atom. The van der Waals surface area contributed by atoms with E-state index in [1.807, 2.05) is 6.92 Å². The number of hydrogen-bond donors (Lipinski definition) is 1. The molecule has 0 bridgehead atoms. The lowest BCUT2D eigenvalue weighted by atomic mass is 10.1. The first-order valence-electron chi connectivity index (χ1n) is 10.7. The zero-order valence-electron chi connectivity index (χ0n) is 19.2. The summed E-state index contributed by atoms with van der Waals surface area (Å²) in [7, 11) is -3.88. The third-order valence-corrected chi connectivity index (χ3v) is 7.01. The molecule has 0 unspecified atom stereocenters. The van der Waals surface area contributed by atoms with Crippen molar-refractivity contribution in [2.24, 2.45) is 0 Å². The van der Waals surface area contributed by atoms with E-state index in [-0.39, 0.29) is 23.2 Å². The van der Waals surface area contributed by atoms with Crippen LogP contribution >= 0.6 is 23.2 Å². The van der Waals surface area contributed by atoms with Gasteiger partial charge in [0.05, 0.1) is 22.0 Å². The SMILES string of the molecule is CCCCNC(=O)[C@H](C)N(Cc1ccc(Cl)c(Cl)c1)C(=O)CN(c1ccc(F)cc1)S(C)(=O)=O. The molecule has 0 radical (unpaired) electrons. The van der Waals surface area contributed by atoms with Gasteiger partial charge in [-0.25, -0.2) is 12.8 Å². The molecule has 186 valence electrons. The summed E-state index contributed by atoms with van der Waals surface area (Å²) in [5.41, 5.74) is 0.746. The van der Waals surface area contributed by atoms with Gasteiger partial charge in [0.1, 0.15) is 18.4 Å². The van der Waals surface area contributed by atoms with E-state index in [0.717, 1.165) is 35.5 Å². The number of nitrogens with one attached hydrogen (secondary N) is 1. The number of hydrogen-bond acceptors (Lipinski definition) is 4. The number of carbonyl (C=O) groups is 2. The Labute approximate surface area is 209 Å². The summed E-state index contributed by atoms with van der Waals surface area (Å²) in [6.07, 6.45) is 2.63. The van der Waals surface area contributed by atoms with Crippen LogP contribution in [0.4, 0.5) is 10.1 Å². The molecule has 2 rings (SSSR count). The van der Waals surface area contributed by atoms with Gasteiger partial charge in [-0.05, 0) is 55.3 Å². The van der Waals surface area contributed by atoms with Crippen LogP contribution in [0.3, 0.4) is 0 Å². The molecule has 0 aliphatic carbocycles. The van der Waals surface area contributed by atoms with Crippen molar-refractivity contribution in [2.75, 3.05) is 23.7 Å². The fourth-order valence-electron chi connectivity index (χ4n) is 3.17. The topological polar surface area (TPSA) is 86.8 Å². The number of benzene rings is 2. The molecule has 11 heteroatoms. The molecule has 0 heterocycles. The van der Waals surface area contributed by atoms with E-state index in [1.165, 1.54) is 17.0 Å². The van der Waals surface area contributed by atoms with Crippen molar-refractivity contribution in [3.05, 3.63) is 63.9 Å². The van der Waals surface area contributed by atoms with Gasteiger partial charge < -0.3 is 10.2 Å². The number of rotatable bonds is 11. The van der Waals surface area contributed by atoms with E-state index in [9.17, 15) is 22.4 Å². The van der Waals surface area contributed by atoms with Crippen LogP contribution in [0.5, 0.6) is 0 Å². The van der Waals surface area contributed by atoms with Gasteiger partial charge in [-0.1, -0.05) is 42.6 Å². The van der Waals surface area contributed by atoms with Crippen molar-refractivity contribution < 1.29 is 22.4 Å². The molecule has 1 N–H and O–H groups in total. The van der Waals surface area contributed by atoms with Gasteiger partial charge in [0.15, 0.2) is 0 Å². The molecule has 0 saturated heterocycles. The molecule has 34 heavy (non-hydrogen) atoms. The van der Waals surface area contributed by atoms with E-state index in [4.69, 9.17) is 23.2 Å². The van der Waals surface area contributed by atoms with Gasteiger partial charge in [0.2, 0.25) is 21.8 Å². The van der Waals surface area contributed by atoms with Gasteiger partial charge >= 0.3 is 0 Å². The highest BCUT2D eigenvalue weighted by atomic mass is 35.5. The second-order valence-electron chi connectivity index (χ2n) is 7.84. The lowest BCUT2D eigenvalue weighted by Gasteiger charge is -2.31. The second-order valence-corrected chi connectivity index (χ2v) is 10.6. The fourth-order valence-corrected chi connectivity index (χ4v) is 4.34. The Morgan fingerprint density at radius 3 is 2.29 bits per heavy atom. The van der Waals surface area contributed by atoms with Gasteiger partial charge in [-0.15, -0.1) is 0 Å². The van der Waals surface area contributed by atoms with E-state index in [0.29, 0.717) is 17.1 Å². The Hall–Kier alpha value is -2.36. The standard InChI is InChI=1S/C23H28Cl2FN3O4S/c1-4-5-12-27-23(31)16(2)28(14-17-6-11-20(24)21(25)13-17)22(30)15-29(34(3,32)33)19-9-7-18(26)8-10-19/h6-11,13,16H,4-5,12,14-15H2,1-3H3,(H,27,31)/t16-/m0/s1. The third-order valence-electron chi connectivity index (χ3n) is 5.13. The maximum absolute atomic E-state index is 13.4. The van der Waals surface area contributed by atoms with Crippen LogP contribution in [0.15, 0.2) is 42.5 Å². The number of carbonyl (C=O) groups excluding carboxylic acids is 2. The van der Waals surface area contributed by atoms with E-state index >= 15 is 0 Å². The van der Waals surface area contributed by atoms with E-state index in [2.05, 4.69) is 5.32 Å². The molecule has 0 aliphatic heterocycles. The number of anilines is 1. The first kappa shape index (κ1) is 27.9.